The summed E-state index contributed by atoms with van der Waals surface area (Å²) in [5.74, 6) is 1.72. The summed E-state index contributed by atoms with van der Waals surface area (Å²) in [5, 5.41) is 3.06. The average molecular weight is 329 g/mol. The minimum absolute atomic E-state index is 0.00977. The highest BCUT2D eigenvalue weighted by Crippen LogP contribution is 2.64. The standard InChI is InChI=1S/C20H27NO3/c1-19-10-8-14-12(13(19)5-6-15(19)18(23)24-3)4-7-16-20(14,2)11-9-17(22)21-16/h7,9,11-15H,4-6,8,10H2,1-3H3,(H,21,22). The Morgan fingerprint density at radius 2 is 2.04 bits per heavy atom. The summed E-state index contributed by atoms with van der Waals surface area (Å²) in [6.07, 6.45) is 11.3. The van der Waals surface area contributed by atoms with Crippen LogP contribution in [0, 0.1) is 34.5 Å². The Morgan fingerprint density at radius 1 is 1.25 bits per heavy atom. The Morgan fingerprint density at radius 3 is 2.79 bits per heavy atom. The quantitative estimate of drug-likeness (QED) is 0.752. The van der Waals surface area contributed by atoms with Gasteiger partial charge in [0.05, 0.1) is 13.0 Å². The van der Waals surface area contributed by atoms with Crippen LogP contribution >= 0.6 is 0 Å². The number of esters is 1. The zero-order valence-corrected chi connectivity index (χ0v) is 14.8. The number of fused-ring (bicyclic) bond motifs is 5. The second-order valence-electron chi connectivity index (χ2n) is 8.53. The van der Waals surface area contributed by atoms with Crippen LogP contribution in [0.4, 0.5) is 0 Å². The molecule has 130 valence electrons. The molecule has 0 radical (unpaired) electrons. The number of carbonyl (C=O) groups excluding carboxylic acids is 2. The van der Waals surface area contributed by atoms with Crippen molar-refractivity contribution in [1.29, 1.82) is 0 Å². The van der Waals surface area contributed by atoms with Crippen molar-refractivity contribution >= 4 is 11.9 Å². The Hall–Kier alpha value is -1.58. The fourth-order valence-electron chi connectivity index (χ4n) is 6.39. The molecular formula is C20H27NO3. The van der Waals surface area contributed by atoms with Crippen LogP contribution in [-0.2, 0) is 14.3 Å². The van der Waals surface area contributed by atoms with E-state index in [1.54, 1.807) is 6.08 Å². The largest absolute Gasteiger partial charge is 0.469 e. The first-order chi connectivity index (χ1) is 11.4. The summed E-state index contributed by atoms with van der Waals surface area (Å²) >= 11 is 0. The molecule has 0 saturated heterocycles. The van der Waals surface area contributed by atoms with E-state index >= 15 is 0 Å². The zero-order valence-electron chi connectivity index (χ0n) is 14.8. The summed E-state index contributed by atoms with van der Waals surface area (Å²) in [7, 11) is 1.51. The first kappa shape index (κ1) is 15.9. The van der Waals surface area contributed by atoms with Gasteiger partial charge in [-0.3, -0.25) is 9.59 Å². The van der Waals surface area contributed by atoms with Gasteiger partial charge in [-0.15, -0.1) is 0 Å². The average Bonchev–Trinajstić information content (AvgIpc) is 2.92. The van der Waals surface area contributed by atoms with Crippen LogP contribution in [0.25, 0.3) is 0 Å². The van der Waals surface area contributed by atoms with E-state index in [9.17, 15) is 9.59 Å². The van der Waals surface area contributed by atoms with Gasteiger partial charge in [0, 0.05) is 17.2 Å². The fourth-order valence-corrected chi connectivity index (χ4v) is 6.39. The molecule has 4 nitrogen and oxygen atoms in total. The van der Waals surface area contributed by atoms with Gasteiger partial charge in [-0.25, -0.2) is 0 Å². The van der Waals surface area contributed by atoms with Gasteiger partial charge in [0.2, 0.25) is 5.91 Å². The van der Waals surface area contributed by atoms with E-state index in [-0.39, 0.29) is 28.6 Å². The Bertz CT molecular complexity index is 651. The third-order valence-electron chi connectivity index (χ3n) is 7.71. The highest BCUT2D eigenvalue weighted by atomic mass is 16.5. The van der Waals surface area contributed by atoms with Gasteiger partial charge < -0.3 is 10.1 Å². The van der Waals surface area contributed by atoms with E-state index in [1.165, 1.54) is 7.11 Å². The van der Waals surface area contributed by atoms with Crippen LogP contribution < -0.4 is 5.32 Å². The fraction of sp³-hybridized carbons (Fsp3) is 0.700. The first-order valence-electron chi connectivity index (χ1n) is 9.19. The van der Waals surface area contributed by atoms with Gasteiger partial charge >= 0.3 is 5.97 Å². The van der Waals surface area contributed by atoms with Gasteiger partial charge in [0.25, 0.3) is 0 Å². The van der Waals surface area contributed by atoms with Crippen molar-refractivity contribution in [1.82, 2.24) is 5.32 Å². The SMILES string of the molecule is COC(=O)C1CCC2C3CC=C4NC(=O)C=CC4(C)C3CCC12C. The second kappa shape index (κ2) is 5.21. The van der Waals surface area contributed by atoms with Crippen LogP contribution in [0.5, 0.6) is 0 Å². The van der Waals surface area contributed by atoms with Gasteiger partial charge in [-0.05, 0) is 55.3 Å². The molecule has 1 N–H and O–H groups in total. The lowest BCUT2D eigenvalue weighted by atomic mass is 9.50. The molecule has 1 amide bonds. The zero-order chi connectivity index (χ0) is 17.1. The van der Waals surface area contributed by atoms with Gasteiger partial charge in [-0.1, -0.05) is 26.0 Å². The number of ether oxygens (including phenoxy) is 1. The maximum absolute atomic E-state index is 12.3. The molecule has 4 rings (SSSR count). The lowest BCUT2D eigenvalue weighted by Gasteiger charge is -2.55. The number of hydrogen-bond donors (Lipinski definition) is 1. The third kappa shape index (κ3) is 1.98. The minimum Gasteiger partial charge on any atom is -0.469 e. The smallest absolute Gasteiger partial charge is 0.309 e. The van der Waals surface area contributed by atoms with Crippen molar-refractivity contribution in [3.8, 4) is 0 Å². The van der Waals surface area contributed by atoms with Crippen molar-refractivity contribution in [2.75, 3.05) is 7.11 Å². The Balaban J connectivity index is 1.67. The monoisotopic (exact) mass is 329 g/mol. The first-order valence-corrected chi connectivity index (χ1v) is 9.19. The van der Waals surface area contributed by atoms with E-state index in [2.05, 4.69) is 31.3 Å². The predicted octanol–water partition coefficient (Wildman–Crippen LogP) is 3.20. The lowest BCUT2D eigenvalue weighted by molar-refractivity contribution is -0.152. The van der Waals surface area contributed by atoms with Crippen molar-refractivity contribution in [3.63, 3.8) is 0 Å². The number of amides is 1. The summed E-state index contributed by atoms with van der Waals surface area (Å²) in [4.78, 5) is 24.0. The van der Waals surface area contributed by atoms with Gasteiger partial charge in [0.1, 0.15) is 0 Å². The summed E-state index contributed by atoms with van der Waals surface area (Å²) < 4.78 is 5.09. The second-order valence-corrected chi connectivity index (χ2v) is 8.53. The third-order valence-corrected chi connectivity index (χ3v) is 7.71. The van der Waals surface area contributed by atoms with Crippen molar-refractivity contribution in [2.45, 2.75) is 46.0 Å². The highest BCUT2D eigenvalue weighted by Gasteiger charge is 2.59. The molecule has 2 fully saturated rings. The summed E-state index contributed by atoms with van der Waals surface area (Å²) in [6.45, 7) is 4.57. The highest BCUT2D eigenvalue weighted by molar-refractivity contribution is 5.90. The molecule has 1 heterocycles. The van der Waals surface area contributed by atoms with Crippen LogP contribution in [0.2, 0.25) is 0 Å². The molecule has 6 unspecified atom stereocenters. The maximum Gasteiger partial charge on any atom is 0.309 e. The molecule has 3 aliphatic carbocycles. The minimum atomic E-state index is -0.0679. The molecule has 4 aliphatic rings. The number of carbonyl (C=O) groups is 2. The number of methoxy groups -OCH3 is 1. The van der Waals surface area contributed by atoms with Crippen LogP contribution in [0.1, 0.15) is 46.0 Å². The van der Waals surface area contributed by atoms with Crippen molar-refractivity contribution in [2.24, 2.45) is 34.5 Å². The molecule has 0 aromatic carbocycles. The maximum atomic E-state index is 12.3. The molecule has 6 atom stereocenters. The Labute approximate surface area is 143 Å². The summed E-state index contributed by atoms with van der Waals surface area (Å²) in [5.41, 5.74) is 1.08. The van der Waals surface area contributed by atoms with Crippen LogP contribution in [-0.4, -0.2) is 19.0 Å². The normalized spacial score (nSPS) is 46.3. The van der Waals surface area contributed by atoms with Crippen molar-refractivity contribution < 1.29 is 14.3 Å². The Kier molecular flexibility index (Phi) is 3.45. The number of allylic oxidation sites excluding steroid dienone is 2. The van der Waals surface area contributed by atoms with E-state index in [0.717, 1.165) is 37.8 Å². The van der Waals surface area contributed by atoms with E-state index < -0.39 is 0 Å². The molecular weight excluding hydrogens is 302 g/mol. The van der Waals surface area contributed by atoms with Gasteiger partial charge in [-0.2, -0.15) is 0 Å². The summed E-state index contributed by atoms with van der Waals surface area (Å²) in [6, 6.07) is 0. The predicted molar refractivity (Wildman–Crippen MR) is 90.6 cm³/mol. The van der Waals surface area contributed by atoms with E-state index in [4.69, 9.17) is 4.74 Å². The molecule has 1 aliphatic heterocycles. The lowest BCUT2D eigenvalue weighted by Crippen LogP contribution is -2.52. The number of nitrogens with one attached hydrogen (secondary N) is 1. The molecule has 0 aromatic heterocycles. The van der Waals surface area contributed by atoms with E-state index in [1.807, 2.05) is 0 Å². The molecule has 2 saturated carbocycles. The van der Waals surface area contributed by atoms with Crippen LogP contribution in [0.15, 0.2) is 23.9 Å². The van der Waals surface area contributed by atoms with Crippen LogP contribution in [0.3, 0.4) is 0 Å². The van der Waals surface area contributed by atoms with E-state index in [0.29, 0.717) is 17.8 Å². The molecule has 0 spiro atoms. The molecule has 0 bridgehead atoms. The number of rotatable bonds is 1. The molecule has 4 heteroatoms. The molecule has 0 aromatic rings. The topological polar surface area (TPSA) is 55.4 Å². The van der Waals surface area contributed by atoms with Gasteiger partial charge in [0.15, 0.2) is 0 Å². The molecule has 24 heavy (non-hydrogen) atoms. The number of hydrogen-bond acceptors (Lipinski definition) is 3. The van der Waals surface area contributed by atoms with Crippen molar-refractivity contribution in [3.05, 3.63) is 23.9 Å².